The van der Waals surface area contributed by atoms with E-state index >= 15 is 0 Å². The molecule has 1 aliphatic carbocycles. The summed E-state index contributed by atoms with van der Waals surface area (Å²) in [5.41, 5.74) is 2.10. The Balaban J connectivity index is 1.30. The number of aromatic nitrogens is 2. The van der Waals surface area contributed by atoms with Crippen molar-refractivity contribution < 1.29 is 9.59 Å². The summed E-state index contributed by atoms with van der Waals surface area (Å²) in [6, 6.07) is 9.66. The van der Waals surface area contributed by atoms with Crippen molar-refractivity contribution in [1.29, 1.82) is 0 Å². The van der Waals surface area contributed by atoms with Crippen molar-refractivity contribution in [1.82, 2.24) is 20.0 Å². The van der Waals surface area contributed by atoms with Crippen molar-refractivity contribution >= 4 is 11.8 Å². The molecule has 27 heavy (non-hydrogen) atoms. The second-order valence-electron chi connectivity index (χ2n) is 7.49. The highest BCUT2D eigenvalue weighted by Gasteiger charge is 2.39. The zero-order valence-electron chi connectivity index (χ0n) is 15.5. The highest BCUT2D eigenvalue weighted by atomic mass is 16.2. The number of nitrogens with one attached hydrogen (secondary N) is 1. The summed E-state index contributed by atoms with van der Waals surface area (Å²) >= 11 is 0. The molecule has 2 aromatic rings. The van der Waals surface area contributed by atoms with Crippen LogP contribution in [0.3, 0.4) is 0 Å². The topological polar surface area (TPSA) is 67.2 Å². The zero-order chi connectivity index (χ0) is 18.6. The van der Waals surface area contributed by atoms with E-state index in [1.54, 1.807) is 0 Å². The van der Waals surface area contributed by atoms with Gasteiger partial charge < -0.3 is 10.2 Å². The van der Waals surface area contributed by atoms with Crippen molar-refractivity contribution in [3.05, 3.63) is 48.3 Å². The van der Waals surface area contributed by atoms with Crippen LogP contribution in [0.2, 0.25) is 0 Å². The van der Waals surface area contributed by atoms with Gasteiger partial charge in [-0.05, 0) is 56.2 Å². The monoisotopic (exact) mass is 366 g/mol. The van der Waals surface area contributed by atoms with E-state index in [0.717, 1.165) is 56.3 Å². The van der Waals surface area contributed by atoms with Gasteiger partial charge in [-0.15, -0.1) is 0 Å². The number of amides is 2. The average Bonchev–Trinajstić information content (AvgIpc) is 3.46. The molecule has 1 aliphatic heterocycles. The van der Waals surface area contributed by atoms with E-state index in [2.05, 4.69) is 10.4 Å². The SMILES string of the molecule is O=C(NCCc1cnn(-c2ccccc2)c1)[C@@H]1CCCCN1C(=O)C1CC1. The normalized spacial score (nSPS) is 19.7. The molecule has 2 aliphatic rings. The number of piperidine rings is 1. The number of hydrogen-bond acceptors (Lipinski definition) is 3. The summed E-state index contributed by atoms with van der Waals surface area (Å²) in [5, 5.41) is 7.41. The van der Waals surface area contributed by atoms with Gasteiger partial charge >= 0.3 is 0 Å². The minimum atomic E-state index is -0.293. The van der Waals surface area contributed by atoms with Gasteiger partial charge in [0.1, 0.15) is 6.04 Å². The highest BCUT2D eigenvalue weighted by Crippen LogP contribution is 2.33. The van der Waals surface area contributed by atoms with Gasteiger partial charge in [0.15, 0.2) is 0 Å². The van der Waals surface area contributed by atoms with Gasteiger partial charge in [0.25, 0.3) is 0 Å². The molecule has 1 saturated carbocycles. The molecule has 1 aromatic carbocycles. The fraction of sp³-hybridized carbons (Fsp3) is 0.476. The molecule has 1 atom stereocenters. The first kappa shape index (κ1) is 17.8. The fourth-order valence-corrected chi connectivity index (χ4v) is 3.69. The molecule has 6 nitrogen and oxygen atoms in total. The zero-order valence-corrected chi connectivity index (χ0v) is 15.5. The second kappa shape index (κ2) is 7.94. The Morgan fingerprint density at radius 2 is 1.93 bits per heavy atom. The van der Waals surface area contributed by atoms with Crippen LogP contribution in [0.5, 0.6) is 0 Å². The highest BCUT2D eigenvalue weighted by molar-refractivity contribution is 5.89. The maximum atomic E-state index is 12.6. The minimum Gasteiger partial charge on any atom is -0.354 e. The molecule has 0 unspecified atom stereocenters. The van der Waals surface area contributed by atoms with Gasteiger partial charge in [-0.3, -0.25) is 9.59 Å². The first-order valence-electron chi connectivity index (χ1n) is 9.89. The molecule has 2 fully saturated rings. The maximum Gasteiger partial charge on any atom is 0.242 e. The Kier molecular flexibility index (Phi) is 5.23. The van der Waals surface area contributed by atoms with Crippen LogP contribution in [0.1, 0.15) is 37.7 Å². The number of para-hydroxylation sites is 1. The molecule has 1 saturated heterocycles. The maximum absolute atomic E-state index is 12.6. The lowest BCUT2D eigenvalue weighted by molar-refractivity contribution is -0.143. The quantitative estimate of drug-likeness (QED) is 0.853. The van der Waals surface area contributed by atoms with E-state index in [1.165, 1.54) is 0 Å². The number of likely N-dealkylation sites (tertiary alicyclic amines) is 1. The minimum absolute atomic E-state index is 0.0147. The number of carbonyl (C=O) groups excluding carboxylic acids is 2. The molecular formula is C21H26N4O2. The molecule has 2 amide bonds. The van der Waals surface area contributed by atoms with Crippen molar-refractivity contribution in [3.8, 4) is 5.69 Å². The average molecular weight is 366 g/mol. The van der Waals surface area contributed by atoms with Crippen molar-refractivity contribution in [2.45, 2.75) is 44.6 Å². The van der Waals surface area contributed by atoms with Gasteiger partial charge in [-0.2, -0.15) is 5.10 Å². The first-order valence-corrected chi connectivity index (χ1v) is 9.89. The van der Waals surface area contributed by atoms with E-state index in [9.17, 15) is 9.59 Å². The van der Waals surface area contributed by atoms with Crippen molar-refractivity contribution in [3.63, 3.8) is 0 Å². The summed E-state index contributed by atoms with van der Waals surface area (Å²) in [5.74, 6) is 0.334. The first-order chi connectivity index (χ1) is 13.2. The summed E-state index contributed by atoms with van der Waals surface area (Å²) in [7, 11) is 0. The van der Waals surface area contributed by atoms with E-state index in [1.807, 2.05) is 52.3 Å². The van der Waals surface area contributed by atoms with Crippen molar-refractivity contribution in [2.75, 3.05) is 13.1 Å². The number of hydrogen-bond donors (Lipinski definition) is 1. The summed E-state index contributed by atoms with van der Waals surface area (Å²) in [6.07, 6.45) is 9.30. The molecule has 0 radical (unpaired) electrons. The summed E-state index contributed by atoms with van der Waals surface area (Å²) in [6.45, 7) is 1.28. The van der Waals surface area contributed by atoms with Gasteiger partial charge in [0.2, 0.25) is 11.8 Å². The molecule has 1 N–H and O–H groups in total. The van der Waals surface area contributed by atoms with Gasteiger partial charge in [0, 0.05) is 25.2 Å². The Bertz CT molecular complexity index is 798. The van der Waals surface area contributed by atoms with Crippen LogP contribution < -0.4 is 5.32 Å². The molecule has 4 rings (SSSR count). The molecule has 6 heteroatoms. The van der Waals surface area contributed by atoms with Crippen molar-refractivity contribution in [2.24, 2.45) is 5.92 Å². The van der Waals surface area contributed by atoms with E-state index < -0.39 is 0 Å². The smallest absolute Gasteiger partial charge is 0.242 e. The van der Waals surface area contributed by atoms with Crippen LogP contribution in [0.4, 0.5) is 0 Å². The van der Waals surface area contributed by atoms with Gasteiger partial charge in [-0.25, -0.2) is 4.68 Å². The largest absolute Gasteiger partial charge is 0.354 e. The number of carbonyl (C=O) groups is 2. The van der Waals surface area contributed by atoms with Gasteiger partial charge in [-0.1, -0.05) is 18.2 Å². The lowest BCUT2D eigenvalue weighted by Crippen LogP contribution is -2.52. The summed E-state index contributed by atoms with van der Waals surface area (Å²) in [4.78, 5) is 26.9. The molecule has 0 spiro atoms. The van der Waals surface area contributed by atoms with Crippen LogP contribution in [0.15, 0.2) is 42.7 Å². The fourth-order valence-electron chi connectivity index (χ4n) is 3.69. The lowest BCUT2D eigenvalue weighted by Gasteiger charge is -2.34. The predicted octanol–water partition coefficient (Wildman–Crippen LogP) is 2.32. The third-order valence-electron chi connectivity index (χ3n) is 5.38. The Labute approximate surface area is 159 Å². The number of benzene rings is 1. The standard InChI is InChI=1S/C21H26N4O2/c26-20(19-8-4-5-13-24(19)21(27)17-9-10-17)22-12-11-16-14-23-25(15-16)18-6-2-1-3-7-18/h1-3,6-7,14-15,17,19H,4-5,8-13H2,(H,22,26)/t19-/m0/s1. The predicted molar refractivity (Wildman–Crippen MR) is 102 cm³/mol. The molecule has 0 bridgehead atoms. The third kappa shape index (κ3) is 4.21. The molecular weight excluding hydrogens is 340 g/mol. The lowest BCUT2D eigenvalue weighted by atomic mass is 10.0. The molecule has 142 valence electrons. The van der Waals surface area contributed by atoms with Crippen LogP contribution in [-0.2, 0) is 16.0 Å². The van der Waals surface area contributed by atoms with Crippen LogP contribution in [0, 0.1) is 5.92 Å². The number of nitrogens with zero attached hydrogens (tertiary/aromatic N) is 3. The Morgan fingerprint density at radius 3 is 2.70 bits per heavy atom. The summed E-state index contributed by atoms with van der Waals surface area (Å²) < 4.78 is 1.84. The number of rotatable bonds is 6. The Morgan fingerprint density at radius 1 is 1.11 bits per heavy atom. The van der Waals surface area contributed by atoms with Crippen LogP contribution >= 0.6 is 0 Å². The molecule has 1 aromatic heterocycles. The van der Waals surface area contributed by atoms with Crippen LogP contribution in [0.25, 0.3) is 5.69 Å². The van der Waals surface area contributed by atoms with E-state index in [-0.39, 0.29) is 23.8 Å². The third-order valence-corrected chi connectivity index (χ3v) is 5.38. The Hall–Kier alpha value is -2.63. The molecule has 2 heterocycles. The van der Waals surface area contributed by atoms with Gasteiger partial charge in [0.05, 0.1) is 11.9 Å². The van der Waals surface area contributed by atoms with E-state index in [4.69, 9.17) is 0 Å². The van der Waals surface area contributed by atoms with Crippen LogP contribution in [-0.4, -0.2) is 45.6 Å². The van der Waals surface area contributed by atoms with E-state index in [0.29, 0.717) is 6.54 Å². The second-order valence-corrected chi connectivity index (χ2v) is 7.49.